The van der Waals surface area contributed by atoms with Gasteiger partial charge >= 0.3 is 5.97 Å². The molecule has 2 N–H and O–H groups in total. The number of sulfonamides is 1. The van der Waals surface area contributed by atoms with E-state index in [0.29, 0.717) is 0 Å². The van der Waals surface area contributed by atoms with Crippen LogP contribution in [0.1, 0.15) is 24.0 Å². The third-order valence-electron chi connectivity index (χ3n) is 2.87. The second-order valence-corrected chi connectivity index (χ2v) is 6.27. The number of hydrogen-bond donors (Lipinski definition) is 2. The molecule has 20 heavy (non-hydrogen) atoms. The molecule has 110 valence electrons. The van der Waals surface area contributed by atoms with E-state index in [1.807, 2.05) is 6.92 Å². The standard InChI is InChI=1S/C13H17NO5S/c1-9-3-5-12(7-10(9)2)20(18,19)14-8-11(15)4-6-13(16)17/h3,5,7,14H,4,6,8H2,1-2H3,(H,16,17). The lowest BCUT2D eigenvalue weighted by Crippen LogP contribution is -2.29. The molecule has 0 radical (unpaired) electrons. The van der Waals surface area contributed by atoms with Gasteiger partial charge in [-0.1, -0.05) is 6.07 Å². The molecule has 7 heteroatoms. The highest BCUT2D eigenvalue weighted by molar-refractivity contribution is 7.89. The van der Waals surface area contributed by atoms with E-state index in [9.17, 15) is 18.0 Å². The Bertz CT molecular complexity index is 622. The van der Waals surface area contributed by atoms with Crippen LogP contribution in [0.4, 0.5) is 0 Å². The Hall–Kier alpha value is -1.73. The van der Waals surface area contributed by atoms with Crippen LogP contribution in [-0.2, 0) is 19.6 Å². The Morgan fingerprint density at radius 3 is 2.35 bits per heavy atom. The molecule has 0 aliphatic carbocycles. The summed E-state index contributed by atoms with van der Waals surface area (Å²) < 4.78 is 26.1. The molecule has 0 saturated carbocycles. The largest absolute Gasteiger partial charge is 0.481 e. The number of carboxylic acid groups (broad SMARTS) is 1. The zero-order valence-electron chi connectivity index (χ0n) is 11.3. The second-order valence-electron chi connectivity index (χ2n) is 4.50. The van der Waals surface area contributed by atoms with Crippen LogP contribution in [0.15, 0.2) is 23.1 Å². The maximum atomic E-state index is 12.0. The number of carbonyl (C=O) groups excluding carboxylic acids is 1. The normalized spacial score (nSPS) is 11.3. The van der Waals surface area contributed by atoms with Crippen molar-refractivity contribution in [3.8, 4) is 0 Å². The number of hydrogen-bond acceptors (Lipinski definition) is 4. The molecule has 1 aromatic rings. The van der Waals surface area contributed by atoms with Crippen LogP contribution in [0, 0.1) is 13.8 Å². The number of nitrogens with one attached hydrogen (secondary N) is 1. The smallest absolute Gasteiger partial charge is 0.303 e. The molecule has 1 rings (SSSR count). The zero-order valence-corrected chi connectivity index (χ0v) is 12.2. The molecule has 0 spiro atoms. The van der Waals surface area contributed by atoms with Gasteiger partial charge in [0.1, 0.15) is 5.78 Å². The molecule has 1 aromatic carbocycles. The van der Waals surface area contributed by atoms with Crippen molar-refractivity contribution in [3.63, 3.8) is 0 Å². The van der Waals surface area contributed by atoms with Crippen LogP contribution in [-0.4, -0.2) is 31.8 Å². The molecule has 0 fully saturated rings. The first-order valence-electron chi connectivity index (χ1n) is 6.03. The summed E-state index contributed by atoms with van der Waals surface area (Å²) >= 11 is 0. The fraction of sp³-hybridized carbons (Fsp3) is 0.385. The summed E-state index contributed by atoms with van der Waals surface area (Å²) in [5.74, 6) is -1.55. The van der Waals surface area contributed by atoms with Gasteiger partial charge in [0.05, 0.1) is 17.9 Å². The van der Waals surface area contributed by atoms with Gasteiger partial charge in [-0.25, -0.2) is 13.1 Å². The molecule has 0 atom stereocenters. The summed E-state index contributed by atoms with van der Waals surface area (Å²) in [5, 5.41) is 8.43. The number of Topliss-reactive ketones (excluding diaryl/α,β-unsaturated/α-hetero) is 1. The van der Waals surface area contributed by atoms with Crippen molar-refractivity contribution < 1.29 is 23.1 Å². The molecule has 0 heterocycles. The van der Waals surface area contributed by atoms with E-state index in [2.05, 4.69) is 4.72 Å². The lowest BCUT2D eigenvalue weighted by molar-refractivity contribution is -0.138. The van der Waals surface area contributed by atoms with Gasteiger partial charge in [-0.05, 0) is 37.1 Å². The highest BCUT2D eigenvalue weighted by Crippen LogP contribution is 2.14. The molecule has 0 bridgehead atoms. The molecular weight excluding hydrogens is 282 g/mol. The number of carboxylic acids is 1. The fourth-order valence-electron chi connectivity index (χ4n) is 1.47. The molecule has 0 aromatic heterocycles. The first-order valence-corrected chi connectivity index (χ1v) is 7.51. The van der Waals surface area contributed by atoms with Crippen LogP contribution in [0.5, 0.6) is 0 Å². The van der Waals surface area contributed by atoms with Crippen molar-refractivity contribution >= 4 is 21.8 Å². The maximum Gasteiger partial charge on any atom is 0.303 e. The number of ketones is 1. The van der Waals surface area contributed by atoms with Crippen molar-refractivity contribution in [1.82, 2.24) is 4.72 Å². The van der Waals surface area contributed by atoms with E-state index in [-0.39, 0.29) is 17.7 Å². The molecule has 0 aliphatic rings. The molecule has 0 amide bonds. The van der Waals surface area contributed by atoms with Crippen LogP contribution in [0.2, 0.25) is 0 Å². The van der Waals surface area contributed by atoms with E-state index < -0.39 is 28.3 Å². The van der Waals surface area contributed by atoms with E-state index >= 15 is 0 Å². The topological polar surface area (TPSA) is 101 Å². The van der Waals surface area contributed by atoms with Crippen molar-refractivity contribution in [1.29, 1.82) is 0 Å². The Balaban J connectivity index is 2.68. The molecule has 0 aliphatic heterocycles. The average molecular weight is 299 g/mol. The van der Waals surface area contributed by atoms with Crippen molar-refractivity contribution in [2.24, 2.45) is 0 Å². The summed E-state index contributed by atoms with van der Waals surface area (Å²) in [5.41, 5.74) is 1.81. The van der Waals surface area contributed by atoms with Gasteiger partial charge < -0.3 is 5.11 Å². The summed E-state index contributed by atoms with van der Waals surface area (Å²) in [6.07, 6.45) is -0.491. The summed E-state index contributed by atoms with van der Waals surface area (Å²) in [4.78, 5) is 21.8. The monoisotopic (exact) mass is 299 g/mol. The van der Waals surface area contributed by atoms with Crippen LogP contribution < -0.4 is 4.72 Å². The van der Waals surface area contributed by atoms with Crippen molar-refractivity contribution in [2.45, 2.75) is 31.6 Å². The highest BCUT2D eigenvalue weighted by atomic mass is 32.2. The Labute approximate surface area is 117 Å². The number of carbonyl (C=O) groups is 2. The summed E-state index contributed by atoms with van der Waals surface area (Å²) in [6, 6.07) is 4.68. The number of aryl methyl sites for hydroxylation is 2. The lowest BCUT2D eigenvalue weighted by atomic mass is 10.1. The quantitative estimate of drug-likeness (QED) is 0.782. The van der Waals surface area contributed by atoms with Crippen molar-refractivity contribution in [2.75, 3.05) is 6.54 Å². The Morgan fingerprint density at radius 1 is 1.15 bits per heavy atom. The van der Waals surface area contributed by atoms with E-state index in [1.54, 1.807) is 13.0 Å². The first kappa shape index (κ1) is 16.3. The molecule has 0 unspecified atom stereocenters. The third kappa shape index (κ3) is 4.75. The minimum Gasteiger partial charge on any atom is -0.481 e. The van der Waals surface area contributed by atoms with Crippen LogP contribution in [0.25, 0.3) is 0 Å². The van der Waals surface area contributed by atoms with Gasteiger partial charge in [0.25, 0.3) is 0 Å². The van der Waals surface area contributed by atoms with Gasteiger partial charge in [0.2, 0.25) is 10.0 Å². The number of aliphatic carboxylic acids is 1. The van der Waals surface area contributed by atoms with Gasteiger partial charge in [-0.3, -0.25) is 9.59 Å². The van der Waals surface area contributed by atoms with Gasteiger partial charge in [0.15, 0.2) is 0 Å². The van der Waals surface area contributed by atoms with Gasteiger partial charge in [-0.2, -0.15) is 0 Å². The van der Waals surface area contributed by atoms with Crippen LogP contribution >= 0.6 is 0 Å². The number of benzene rings is 1. The minimum absolute atomic E-state index is 0.0895. The van der Waals surface area contributed by atoms with E-state index in [4.69, 9.17) is 5.11 Å². The van der Waals surface area contributed by atoms with Gasteiger partial charge in [0, 0.05) is 6.42 Å². The Morgan fingerprint density at radius 2 is 1.80 bits per heavy atom. The minimum atomic E-state index is -3.75. The number of rotatable bonds is 7. The molecule has 6 nitrogen and oxygen atoms in total. The maximum absolute atomic E-state index is 12.0. The second kappa shape index (κ2) is 6.62. The Kier molecular flexibility index (Phi) is 5.41. The van der Waals surface area contributed by atoms with Crippen LogP contribution in [0.3, 0.4) is 0 Å². The lowest BCUT2D eigenvalue weighted by Gasteiger charge is -2.08. The fourth-order valence-corrected chi connectivity index (χ4v) is 2.57. The summed E-state index contributed by atoms with van der Waals surface area (Å²) in [6.45, 7) is 3.27. The predicted molar refractivity (Wildman–Crippen MR) is 73.0 cm³/mol. The summed E-state index contributed by atoms with van der Waals surface area (Å²) in [7, 11) is -3.75. The predicted octanol–water partition coefficient (Wildman–Crippen LogP) is 1.02. The highest BCUT2D eigenvalue weighted by Gasteiger charge is 2.16. The van der Waals surface area contributed by atoms with Gasteiger partial charge in [-0.15, -0.1) is 0 Å². The first-order chi connectivity index (χ1) is 9.22. The van der Waals surface area contributed by atoms with E-state index in [0.717, 1.165) is 11.1 Å². The average Bonchev–Trinajstić information content (AvgIpc) is 2.37. The SMILES string of the molecule is Cc1ccc(S(=O)(=O)NCC(=O)CCC(=O)O)cc1C. The zero-order chi connectivity index (χ0) is 15.3. The third-order valence-corrected chi connectivity index (χ3v) is 4.26. The molecular formula is C13H17NO5S. The van der Waals surface area contributed by atoms with Crippen molar-refractivity contribution in [3.05, 3.63) is 29.3 Å². The van der Waals surface area contributed by atoms with E-state index in [1.165, 1.54) is 12.1 Å². The molecule has 0 saturated heterocycles.